The standard InChI is InChI=1S/C18H15N3O4S/c1-2-20-17(23)14-8-3-4-9-15(14)19-18(20)26-11-16(22)12-6-5-7-13(10-12)21(24)25/h3-10H,2,11H2,1H3. The van der Waals surface area contributed by atoms with Gasteiger partial charge in [0, 0.05) is 24.2 Å². The number of aromatic nitrogens is 2. The highest BCUT2D eigenvalue weighted by atomic mass is 32.2. The number of rotatable bonds is 6. The minimum atomic E-state index is -0.538. The fourth-order valence-corrected chi connectivity index (χ4v) is 3.50. The summed E-state index contributed by atoms with van der Waals surface area (Å²) < 4.78 is 1.52. The van der Waals surface area contributed by atoms with Crippen molar-refractivity contribution in [3.8, 4) is 0 Å². The Kier molecular flexibility index (Phi) is 5.13. The van der Waals surface area contributed by atoms with Gasteiger partial charge in [-0.3, -0.25) is 24.3 Å². The molecular weight excluding hydrogens is 354 g/mol. The molecule has 7 nitrogen and oxygen atoms in total. The van der Waals surface area contributed by atoms with E-state index in [4.69, 9.17) is 0 Å². The number of fused-ring (bicyclic) bond motifs is 1. The van der Waals surface area contributed by atoms with Gasteiger partial charge in [0.1, 0.15) is 0 Å². The molecule has 0 fully saturated rings. The molecule has 0 aliphatic carbocycles. The number of hydrogen-bond acceptors (Lipinski definition) is 6. The fourth-order valence-electron chi connectivity index (χ4n) is 2.54. The number of carbonyl (C=O) groups is 1. The number of nitro benzene ring substituents is 1. The summed E-state index contributed by atoms with van der Waals surface area (Å²) in [6.45, 7) is 2.27. The smallest absolute Gasteiger partial charge is 0.270 e. The fraction of sp³-hybridized carbons (Fsp3) is 0.167. The molecule has 0 bridgehead atoms. The molecule has 0 aliphatic rings. The molecule has 0 atom stereocenters. The topological polar surface area (TPSA) is 95.1 Å². The van der Waals surface area contributed by atoms with Crippen molar-refractivity contribution in [3.63, 3.8) is 0 Å². The van der Waals surface area contributed by atoms with Crippen LogP contribution in [0.15, 0.2) is 58.5 Å². The molecule has 0 N–H and O–H groups in total. The average molecular weight is 369 g/mol. The first-order chi connectivity index (χ1) is 12.5. The summed E-state index contributed by atoms with van der Waals surface area (Å²) in [5.74, 6) is -0.227. The Morgan fingerprint density at radius 3 is 2.73 bits per heavy atom. The summed E-state index contributed by atoms with van der Waals surface area (Å²) in [5.41, 5.74) is 0.559. The van der Waals surface area contributed by atoms with E-state index in [1.807, 2.05) is 6.92 Å². The van der Waals surface area contributed by atoms with Crippen LogP contribution in [-0.2, 0) is 6.54 Å². The van der Waals surface area contributed by atoms with Gasteiger partial charge in [0.15, 0.2) is 10.9 Å². The van der Waals surface area contributed by atoms with Crippen LogP contribution in [0.5, 0.6) is 0 Å². The molecule has 0 saturated heterocycles. The van der Waals surface area contributed by atoms with Crippen LogP contribution in [-0.4, -0.2) is 26.0 Å². The van der Waals surface area contributed by atoms with Gasteiger partial charge < -0.3 is 0 Å². The first-order valence-electron chi connectivity index (χ1n) is 7.91. The Balaban J connectivity index is 1.87. The molecule has 8 heteroatoms. The second-order valence-electron chi connectivity index (χ2n) is 5.48. The van der Waals surface area contributed by atoms with Crippen molar-refractivity contribution in [2.75, 3.05) is 5.75 Å². The third-order valence-corrected chi connectivity index (χ3v) is 4.83. The van der Waals surface area contributed by atoms with Gasteiger partial charge in [-0.25, -0.2) is 4.98 Å². The number of ketones is 1. The second-order valence-corrected chi connectivity index (χ2v) is 6.42. The minimum Gasteiger partial charge on any atom is -0.293 e. The van der Waals surface area contributed by atoms with Gasteiger partial charge in [-0.1, -0.05) is 36.0 Å². The zero-order valence-corrected chi connectivity index (χ0v) is 14.7. The number of hydrogen-bond donors (Lipinski definition) is 0. The highest BCUT2D eigenvalue weighted by Crippen LogP contribution is 2.20. The van der Waals surface area contributed by atoms with Crippen molar-refractivity contribution in [1.82, 2.24) is 9.55 Å². The third-order valence-electron chi connectivity index (χ3n) is 3.85. The molecule has 0 amide bonds. The quantitative estimate of drug-likeness (QED) is 0.217. The zero-order chi connectivity index (χ0) is 18.7. The first kappa shape index (κ1) is 17.8. The molecule has 3 rings (SSSR count). The summed E-state index contributed by atoms with van der Waals surface area (Å²) in [6.07, 6.45) is 0. The van der Waals surface area contributed by atoms with Crippen LogP contribution in [0.4, 0.5) is 5.69 Å². The van der Waals surface area contributed by atoms with Gasteiger partial charge in [-0.15, -0.1) is 0 Å². The molecule has 0 spiro atoms. The van der Waals surface area contributed by atoms with E-state index in [9.17, 15) is 19.7 Å². The number of carbonyl (C=O) groups excluding carboxylic acids is 1. The number of Topliss-reactive ketones (excluding diaryl/α,β-unsaturated/α-hetero) is 1. The number of nitrogens with zero attached hydrogens (tertiary/aromatic N) is 3. The summed E-state index contributed by atoms with van der Waals surface area (Å²) in [5, 5.41) is 11.8. The van der Waals surface area contributed by atoms with Gasteiger partial charge in [-0.05, 0) is 19.1 Å². The van der Waals surface area contributed by atoms with Crippen LogP contribution in [0.1, 0.15) is 17.3 Å². The Hall–Kier alpha value is -3.00. The SMILES string of the molecule is CCn1c(SCC(=O)c2cccc([N+](=O)[O-])c2)nc2ccccc2c1=O. The Morgan fingerprint density at radius 1 is 1.23 bits per heavy atom. The largest absolute Gasteiger partial charge is 0.293 e. The Labute approximate surface area is 152 Å². The highest BCUT2D eigenvalue weighted by molar-refractivity contribution is 7.99. The Bertz CT molecular complexity index is 1060. The van der Waals surface area contributed by atoms with Crippen LogP contribution in [0.25, 0.3) is 10.9 Å². The molecule has 1 heterocycles. The maximum absolute atomic E-state index is 12.6. The van der Waals surface area contributed by atoms with Crippen molar-refractivity contribution in [2.24, 2.45) is 0 Å². The van der Waals surface area contributed by atoms with Gasteiger partial charge in [0.05, 0.1) is 21.6 Å². The number of thioether (sulfide) groups is 1. The van der Waals surface area contributed by atoms with E-state index in [0.717, 1.165) is 11.8 Å². The lowest BCUT2D eigenvalue weighted by Gasteiger charge is -2.10. The summed E-state index contributed by atoms with van der Waals surface area (Å²) in [4.78, 5) is 39.7. The van der Waals surface area contributed by atoms with Crippen molar-refractivity contribution in [2.45, 2.75) is 18.6 Å². The van der Waals surface area contributed by atoms with Crippen LogP contribution in [0.3, 0.4) is 0 Å². The predicted molar refractivity (Wildman–Crippen MR) is 99.8 cm³/mol. The lowest BCUT2D eigenvalue weighted by atomic mass is 10.1. The molecule has 0 unspecified atom stereocenters. The molecule has 2 aromatic carbocycles. The van der Waals surface area contributed by atoms with Gasteiger partial charge in [0.25, 0.3) is 11.2 Å². The van der Waals surface area contributed by atoms with Gasteiger partial charge in [0.2, 0.25) is 0 Å². The van der Waals surface area contributed by atoms with E-state index in [1.165, 1.54) is 28.8 Å². The second kappa shape index (κ2) is 7.49. The van der Waals surface area contributed by atoms with Gasteiger partial charge in [-0.2, -0.15) is 0 Å². The monoisotopic (exact) mass is 369 g/mol. The van der Waals surface area contributed by atoms with Crippen molar-refractivity contribution < 1.29 is 9.72 Å². The lowest BCUT2D eigenvalue weighted by Crippen LogP contribution is -2.22. The summed E-state index contributed by atoms with van der Waals surface area (Å²) in [6, 6.07) is 12.7. The van der Waals surface area contributed by atoms with Crippen LogP contribution < -0.4 is 5.56 Å². The lowest BCUT2D eigenvalue weighted by molar-refractivity contribution is -0.384. The van der Waals surface area contributed by atoms with E-state index in [1.54, 1.807) is 24.3 Å². The van der Waals surface area contributed by atoms with Gasteiger partial charge >= 0.3 is 0 Å². The van der Waals surface area contributed by atoms with Crippen LogP contribution >= 0.6 is 11.8 Å². The van der Waals surface area contributed by atoms with Crippen molar-refractivity contribution >= 4 is 34.1 Å². The van der Waals surface area contributed by atoms with Crippen LogP contribution in [0, 0.1) is 10.1 Å². The van der Waals surface area contributed by atoms with Crippen molar-refractivity contribution in [3.05, 3.63) is 74.6 Å². The number of non-ortho nitro benzene ring substituents is 1. The molecule has 3 aromatic rings. The third kappa shape index (κ3) is 3.50. The molecule has 0 aliphatic heterocycles. The number of para-hydroxylation sites is 1. The Morgan fingerprint density at radius 2 is 2.00 bits per heavy atom. The molecule has 26 heavy (non-hydrogen) atoms. The molecule has 132 valence electrons. The van der Waals surface area contributed by atoms with Crippen LogP contribution in [0.2, 0.25) is 0 Å². The maximum atomic E-state index is 12.6. The number of nitro groups is 1. The van der Waals surface area contributed by atoms with E-state index in [2.05, 4.69) is 4.98 Å². The predicted octanol–water partition coefficient (Wildman–Crippen LogP) is 3.30. The normalized spacial score (nSPS) is 10.8. The highest BCUT2D eigenvalue weighted by Gasteiger charge is 2.15. The van der Waals surface area contributed by atoms with E-state index in [0.29, 0.717) is 22.6 Å². The summed E-state index contributed by atoms with van der Waals surface area (Å²) in [7, 11) is 0. The van der Waals surface area contributed by atoms with Crippen molar-refractivity contribution in [1.29, 1.82) is 0 Å². The molecule has 0 radical (unpaired) electrons. The summed E-state index contributed by atoms with van der Waals surface area (Å²) >= 11 is 1.15. The van der Waals surface area contributed by atoms with E-state index < -0.39 is 4.92 Å². The average Bonchev–Trinajstić information content (AvgIpc) is 2.66. The van der Waals surface area contributed by atoms with E-state index >= 15 is 0 Å². The van der Waals surface area contributed by atoms with E-state index in [-0.39, 0.29) is 28.3 Å². The first-order valence-corrected chi connectivity index (χ1v) is 8.90. The molecule has 0 saturated carbocycles. The minimum absolute atomic E-state index is 0.0337. The zero-order valence-electron chi connectivity index (χ0n) is 13.9. The maximum Gasteiger partial charge on any atom is 0.270 e. The molecule has 1 aromatic heterocycles. The molecular formula is C18H15N3O4S. The number of benzene rings is 2.